The first-order valence-corrected chi connectivity index (χ1v) is 7.60. The zero-order valence-electron chi connectivity index (χ0n) is 13.2. The van der Waals surface area contributed by atoms with Crippen LogP contribution < -0.4 is 5.32 Å². The summed E-state index contributed by atoms with van der Waals surface area (Å²) in [5.74, 6) is 0.797. The van der Waals surface area contributed by atoms with Gasteiger partial charge in [0.2, 0.25) is 0 Å². The number of aryl methyl sites for hydroxylation is 2. The minimum absolute atomic E-state index is 0.399. The van der Waals surface area contributed by atoms with Crippen molar-refractivity contribution >= 4 is 0 Å². The molecule has 0 aliphatic heterocycles. The highest BCUT2D eigenvalue weighted by Crippen LogP contribution is 2.27. The molecule has 0 aliphatic rings. The summed E-state index contributed by atoms with van der Waals surface area (Å²) >= 11 is 0. The van der Waals surface area contributed by atoms with Crippen molar-refractivity contribution in [2.45, 2.75) is 65.8 Å². The highest BCUT2D eigenvalue weighted by atomic mass is 15.1. The summed E-state index contributed by atoms with van der Waals surface area (Å²) in [6.07, 6.45) is 6.41. The first-order chi connectivity index (χ1) is 9.12. The van der Waals surface area contributed by atoms with Gasteiger partial charge in [-0.05, 0) is 44.9 Å². The zero-order chi connectivity index (χ0) is 14.3. The maximum absolute atomic E-state index is 4.25. The maximum atomic E-state index is 4.25. The molecule has 0 aliphatic carbocycles. The molecule has 0 spiro atoms. The Morgan fingerprint density at radius 1 is 1.21 bits per heavy atom. The summed E-state index contributed by atoms with van der Waals surface area (Å²) in [4.78, 5) is 0. The summed E-state index contributed by atoms with van der Waals surface area (Å²) in [5, 5.41) is 11.8. The van der Waals surface area contributed by atoms with Crippen LogP contribution in [0.3, 0.4) is 0 Å². The molecule has 1 aromatic rings. The van der Waals surface area contributed by atoms with Gasteiger partial charge in [0.25, 0.3) is 0 Å². The fourth-order valence-electron chi connectivity index (χ4n) is 2.64. The molecule has 0 bridgehead atoms. The van der Waals surface area contributed by atoms with Gasteiger partial charge in [0.1, 0.15) is 0 Å². The Hall–Kier alpha value is -0.960. The number of hydrogen-bond acceptors (Lipinski definition) is 3. The molecule has 0 amide bonds. The van der Waals surface area contributed by atoms with Crippen LogP contribution in [0.4, 0.5) is 0 Å². The Labute approximate surface area is 118 Å². The monoisotopic (exact) mass is 263 g/mol. The third kappa shape index (κ3) is 4.90. The lowest BCUT2D eigenvalue weighted by Crippen LogP contribution is -2.21. The minimum Gasteiger partial charge on any atom is -0.313 e. The second-order valence-electron chi connectivity index (χ2n) is 5.52. The normalized spacial score (nSPS) is 14.4. The first kappa shape index (κ1) is 16.1. The highest BCUT2D eigenvalue weighted by molar-refractivity contribution is 5.23. The predicted molar refractivity (Wildman–Crippen MR) is 81.2 cm³/mol. The van der Waals surface area contributed by atoms with E-state index >= 15 is 0 Å². The zero-order valence-corrected chi connectivity index (χ0v) is 13.2. The molecule has 0 radical (unpaired) electrons. The van der Waals surface area contributed by atoms with Crippen molar-refractivity contribution in [1.29, 1.82) is 0 Å². The van der Waals surface area contributed by atoms with E-state index in [1.54, 1.807) is 0 Å². The SMILES string of the molecule is CCCCC(CC)CC(NC)c1cc(C)nnc1C. The molecule has 1 aromatic heterocycles. The lowest BCUT2D eigenvalue weighted by atomic mass is 9.89. The second kappa shape index (κ2) is 8.26. The van der Waals surface area contributed by atoms with Gasteiger partial charge < -0.3 is 5.32 Å². The Bertz CT molecular complexity index is 376. The summed E-state index contributed by atoms with van der Waals surface area (Å²) in [6, 6.07) is 2.58. The number of nitrogens with one attached hydrogen (secondary N) is 1. The molecule has 0 fully saturated rings. The van der Waals surface area contributed by atoms with Gasteiger partial charge in [0.05, 0.1) is 11.4 Å². The Kier molecular flexibility index (Phi) is 7.00. The molecule has 1 heterocycles. The van der Waals surface area contributed by atoms with Crippen molar-refractivity contribution in [2.75, 3.05) is 7.05 Å². The molecule has 108 valence electrons. The number of unbranched alkanes of at least 4 members (excludes halogenated alkanes) is 1. The van der Waals surface area contributed by atoms with E-state index in [9.17, 15) is 0 Å². The molecular formula is C16H29N3. The van der Waals surface area contributed by atoms with Crippen molar-refractivity contribution in [3.8, 4) is 0 Å². The number of rotatable bonds is 8. The van der Waals surface area contributed by atoms with Crippen LogP contribution >= 0.6 is 0 Å². The Balaban J connectivity index is 2.78. The van der Waals surface area contributed by atoms with E-state index in [0.29, 0.717) is 6.04 Å². The van der Waals surface area contributed by atoms with Gasteiger partial charge in [0.15, 0.2) is 0 Å². The van der Waals surface area contributed by atoms with Gasteiger partial charge in [-0.3, -0.25) is 0 Å². The van der Waals surface area contributed by atoms with E-state index in [4.69, 9.17) is 0 Å². The number of hydrogen-bond donors (Lipinski definition) is 1. The molecule has 0 saturated heterocycles. The molecule has 19 heavy (non-hydrogen) atoms. The molecule has 3 nitrogen and oxygen atoms in total. The van der Waals surface area contributed by atoms with Crippen LogP contribution in [0.2, 0.25) is 0 Å². The predicted octanol–water partition coefficient (Wildman–Crippen LogP) is 3.96. The summed E-state index contributed by atoms with van der Waals surface area (Å²) in [6.45, 7) is 8.63. The van der Waals surface area contributed by atoms with E-state index in [2.05, 4.69) is 42.4 Å². The lowest BCUT2D eigenvalue weighted by molar-refractivity contribution is 0.363. The minimum atomic E-state index is 0.399. The smallest absolute Gasteiger partial charge is 0.0648 e. The van der Waals surface area contributed by atoms with Crippen molar-refractivity contribution < 1.29 is 0 Å². The van der Waals surface area contributed by atoms with Crippen LogP contribution in [0.25, 0.3) is 0 Å². The average Bonchev–Trinajstić information content (AvgIpc) is 2.42. The fourth-order valence-corrected chi connectivity index (χ4v) is 2.64. The van der Waals surface area contributed by atoms with Gasteiger partial charge in [-0.15, -0.1) is 0 Å². The molecule has 0 aromatic carbocycles. The summed E-state index contributed by atoms with van der Waals surface area (Å²) in [7, 11) is 2.05. The fraction of sp³-hybridized carbons (Fsp3) is 0.750. The molecule has 0 saturated carbocycles. The number of nitrogens with zero attached hydrogens (tertiary/aromatic N) is 2. The second-order valence-corrected chi connectivity index (χ2v) is 5.52. The van der Waals surface area contributed by atoms with Crippen LogP contribution in [0.5, 0.6) is 0 Å². The van der Waals surface area contributed by atoms with Crippen LogP contribution in [0, 0.1) is 19.8 Å². The van der Waals surface area contributed by atoms with Crippen molar-refractivity contribution in [3.63, 3.8) is 0 Å². The Morgan fingerprint density at radius 2 is 1.95 bits per heavy atom. The van der Waals surface area contributed by atoms with E-state index < -0.39 is 0 Å². The molecule has 1 N–H and O–H groups in total. The summed E-state index contributed by atoms with van der Waals surface area (Å²) in [5.41, 5.74) is 3.36. The van der Waals surface area contributed by atoms with E-state index in [1.165, 1.54) is 37.7 Å². The maximum Gasteiger partial charge on any atom is 0.0648 e. The van der Waals surface area contributed by atoms with Gasteiger partial charge >= 0.3 is 0 Å². The lowest BCUT2D eigenvalue weighted by Gasteiger charge is -2.23. The highest BCUT2D eigenvalue weighted by Gasteiger charge is 2.18. The van der Waals surface area contributed by atoms with Crippen LogP contribution in [0.15, 0.2) is 6.07 Å². The molecule has 3 heteroatoms. The average molecular weight is 263 g/mol. The third-order valence-electron chi connectivity index (χ3n) is 3.98. The quantitative estimate of drug-likeness (QED) is 0.771. The number of aromatic nitrogens is 2. The molecule has 2 atom stereocenters. The topological polar surface area (TPSA) is 37.8 Å². The van der Waals surface area contributed by atoms with Crippen LogP contribution in [-0.2, 0) is 0 Å². The largest absolute Gasteiger partial charge is 0.313 e. The van der Waals surface area contributed by atoms with Gasteiger partial charge in [-0.2, -0.15) is 10.2 Å². The standard InChI is InChI=1S/C16H29N3/c1-6-8-9-14(7-2)11-16(17-5)15-10-12(3)18-19-13(15)4/h10,14,16-17H,6-9,11H2,1-5H3. The van der Waals surface area contributed by atoms with Crippen LogP contribution in [0.1, 0.15) is 68.9 Å². The summed E-state index contributed by atoms with van der Waals surface area (Å²) < 4.78 is 0. The van der Waals surface area contributed by atoms with Crippen LogP contribution in [-0.4, -0.2) is 17.2 Å². The van der Waals surface area contributed by atoms with E-state index in [-0.39, 0.29) is 0 Å². The van der Waals surface area contributed by atoms with Crippen molar-refractivity contribution in [3.05, 3.63) is 23.0 Å². The van der Waals surface area contributed by atoms with Crippen molar-refractivity contribution in [2.24, 2.45) is 5.92 Å². The van der Waals surface area contributed by atoms with Gasteiger partial charge in [0, 0.05) is 6.04 Å². The molecule has 2 unspecified atom stereocenters. The van der Waals surface area contributed by atoms with Gasteiger partial charge in [-0.1, -0.05) is 39.5 Å². The first-order valence-electron chi connectivity index (χ1n) is 7.60. The Morgan fingerprint density at radius 3 is 2.53 bits per heavy atom. The molecule has 1 rings (SSSR count). The molecular weight excluding hydrogens is 234 g/mol. The van der Waals surface area contributed by atoms with E-state index in [0.717, 1.165) is 17.3 Å². The van der Waals surface area contributed by atoms with E-state index in [1.807, 2.05) is 14.0 Å². The van der Waals surface area contributed by atoms with Gasteiger partial charge in [-0.25, -0.2) is 0 Å². The van der Waals surface area contributed by atoms with Crippen molar-refractivity contribution in [1.82, 2.24) is 15.5 Å². The third-order valence-corrected chi connectivity index (χ3v) is 3.98.